The van der Waals surface area contributed by atoms with Crippen molar-refractivity contribution in [2.24, 2.45) is 0 Å². The van der Waals surface area contributed by atoms with E-state index in [9.17, 15) is 8.42 Å². The Balaban J connectivity index is 1.68. The Morgan fingerprint density at radius 2 is 1.33 bits per heavy atom. The van der Waals surface area contributed by atoms with E-state index in [0.717, 1.165) is 24.8 Å². The van der Waals surface area contributed by atoms with Gasteiger partial charge in [0.25, 0.3) is 10.1 Å². The Bertz CT molecular complexity index is 622. The fourth-order valence-electron chi connectivity index (χ4n) is 2.08. The molecule has 0 heterocycles. The molecular weight excluding hydrogens is 284 g/mol. The van der Waals surface area contributed by atoms with E-state index >= 15 is 0 Å². The minimum absolute atomic E-state index is 0.0630. The average Bonchev–Trinajstić information content (AvgIpc) is 2.48. The van der Waals surface area contributed by atoms with Gasteiger partial charge in [0.15, 0.2) is 0 Å². The quantitative estimate of drug-likeness (QED) is 0.553. The average molecular weight is 304 g/mol. The largest absolute Gasteiger partial charge is 0.271 e. The first-order valence-corrected chi connectivity index (χ1v) is 8.68. The molecule has 0 aliphatic carbocycles. The molecule has 0 bridgehead atoms. The lowest BCUT2D eigenvalue weighted by Crippen LogP contribution is -2.10. The molecule has 0 aromatic heterocycles. The van der Waals surface area contributed by atoms with Gasteiger partial charge in [0.05, 0.1) is 6.61 Å². The van der Waals surface area contributed by atoms with Gasteiger partial charge in [-0.25, -0.2) is 0 Å². The Morgan fingerprint density at radius 1 is 0.762 bits per heavy atom. The van der Waals surface area contributed by atoms with Gasteiger partial charge in [-0.15, -0.1) is 0 Å². The van der Waals surface area contributed by atoms with Crippen molar-refractivity contribution in [2.45, 2.75) is 25.0 Å². The van der Waals surface area contributed by atoms with E-state index < -0.39 is 10.1 Å². The van der Waals surface area contributed by atoms with Gasteiger partial charge in [0.1, 0.15) is 5.75 Å². The summed E-state index contributed by atoms with van der Waals surface area (Å²) >= 11 is 0. The normalized spacial score (nSPS) is 11.4. The lowest BCUT2D eigenvalue weighted by molar-refractivity contribution is 0.308. The second-order valence-electron chi connectivity index (χ2n) is 4.95. The van der Waals surface area contributed by atoms with Crippen molar-refractivity contribution >= 4 is 10.1 Å². The molecule has 2 rings (SSSR count). The molecule has 0 amide bonds. The molecule has 3 nitrogen and oxygen atoms in total. The van der Waals surface area contributed by atoms with E-state index in [2.05, 4.69) is 12.1 Å². The maximum atomic E-state index is 11.8. The van der Waals surface area contributed by atoms with Crippen molar-refractivity contribution in [3.8, 4) is 0 Å². The second-order valence-corrected chi connectivity index (χ2v) is 6.59. The van der Waals surface area contributed by atoms with Crippen LogP contribution >= 0.6 is 0 Å². The molecular formula is C17H20O3S. The van der Waals surface area contributed by atoms with E-state index in [1.165, 1.54) is 5.56 Å². The van der Waals surface area contributed by atoms with Gasteiger partial charge in [0, 0.05) is 0 Å². The summed E-state index contributed by atoms with van der Waals surface area (Å²) in [5, 5.41) is 0. The monoisotopic (exact) mass is 304 g/mol. The fraction of sp³-hybridized carbons (Fsp3) is 0.294. The number of unbranched alkanes of at least 4 members (excludes halogenated alkanes) is 1. The molecule has 0 atom stereocenters. The zero-order valence-electron chi connectivity index (χ0n) is 11.9. The van der Waals surface area contributed by atoms with Gasteiger partial charge >= 0.3 is 0 Å². The Morgan fingerprint density at radius 3 is 1.95 bits per heavy atom. The van der Waals surface area contributed by atoms with Crippen LogP contribution in [0.4, 0.5) is 0 Å². The predicted molar refractivity (Wildman–Crippen MR) is 84.4 cm³/mol. The van der Waals surface area contributed by atoms with Gasteiger partial charge in [-0.1, -0.05) is 60.7 Å². The van der Waals surface area contributed by atoms with Crippen LogP contribution in [-0.4, -0.2) is 15.0 Å². The number of rotatable bonds is 8. The smallest absolute Gasteiger partial charge is 0.270 e. The zero-order valence-corrected chi connectivity index (χ0v) is 12.8. The van der Waals surface area contributed by atoms with Crippen LogP contribution in [0, 0.1) is 0 Å². The van der Waals surface area contributed by atoms with Gasteiger partial charge in [0.2, 0.25) is 0 Å². The van der Waals surface area contributed by atoms with Crippen LogP contribution in [0.15, 0.2) is 60.7 Å². The summed E-state index contributed by atoms with van der Waals surface area (Å²) in [6, 6.07) is 19.2. The van der Waals surface area contributed by atoms with E-state index in [-0.39, 0.29) is 12.4 Å². The lowest BCUT2D eigenvalue weighted by Gasteiger charge is -2.06. The lowest BCUT2D eigenvalue weighted by atomic mass is 10.1. The van der Waals surface area contributed by atoms with Crippen molar-refractivity contribution in [1.29, 1.82) is 0 Å². The van der Waals surface area contributed by atoms with E-state index in [4.69, 9.17) is 4.18 Å². The summed E-state index contributed by atoms with van der Waals surface area (Å²) in [4.78, 5) is 0. The standard InChI is InChI=1S/C17H20O3S/c18-21(19,15-17-12-5-2-6-13-17)20-14-8-7-11-16-9-3-1-4-10-16/h1-6,9-10,12-13H,7-8,11,14-15H2. The van der Waals surface area contributed by atoms with Crippen LogP contribution in [0.25, 0.3) is 0 Å². The van der Waals surface area contributed by atoms with Crippen molar-refractivity contribution in [3.63, 3.8) is 0 Å². The van der Waals surface area contributed by atoms with E-state index in [0.29, 0.717) is 0 Å². The maximum Gasteiger partial charge on any atom is 0.271 e. The zero-order chi connectivity index (χ0) is 15.0. The molecule has 2 aromatic rings. The number of aryl methyl sites for hydroxylation is 1. The number of hydrogen-bond donors (Lipinski definition) is 0. The highest BCUT2D eigenvalue weighted by atomic mass is 32.2. The molecule has 0 fully saturated rings. The van der Waals surface area contributed by atoms with Crippen LogP contribution in [-0.2, 0) is 26.5 Å². The summed E-state index contributed by atoms with van der Waals surface area (Å²) in [6.07, 6.45) is 2.61. The summed E-state index contributed by atoms with van der Waals surface area (Å²) in [5.74, 6) is -0.0630. The number of hydrogen-bond acceptors (Lipinski definition) is 3. The van der Waals surface area contributed by atoms with Crippen LogP contribution in [0.3, 0.4) is 0 Å². The molecule has 0 aliphatic heterocycles. The van der Waals surface area contributed by atoms with Gasteiger partial charge < -0.3 is 0 Å². The van der Waals surface area contributed by atoms with Crippen LogP contribution in [0.5, 0.6) is 0 Å². The highest BCUT2D eigenvalue weighted by Gasteiger charge is 2.11. The van der Waals surface area contributed by atoms with E-state index in [1.807, 2.05) is 36.4 Å². The summed E-state index contributed by atoms with van der Waals surface area (Å²) in [5.41, 5.74) is 2.02. The third kappa shape index (κ3) is 6.10. The Labute approximate surface area is 126 Å². The highest BCUT2D eigenvalue weighted by molar-refractivity contribution is 7.85. The first kappa shape index (κ1) is 15.7. The minimum atomic E-state index is -3.48. The first-order chi connectivity index (χ1) is 10.2. The summed E-state index contributed by atoms with van der Waals surface area (Å²) in [7, 11) is -3.48. The van der Waals surface area contributed by atoms with Crippen molar-refractivity contribution in [1.82, 2.24) is 0 Å². The maximum absolute atomic E-state index is 11.8. The highest BCUT2D eigenvalue weighted by Crippen LogP contribution is 2.09. The molecule has 0 saturated heterocycles. The van der Waals surface area contributed by atoms with Crippen molar-refractivity contribution in [3.05, 3.63) is 71.8 Å². The first-order valence-electron chi connectivity index (χ1n) is 7.11. The molecule has 0 unspecified atom stereocenters. The molecule has 0 saturated carbocycles. The minimum Gasteiger partial charge on any atom is -0.270 e. The summed E-state index contributed by atoms with van der Waals surface area (Å²) in [6.45, 7) is 0.252. The van der Waals surface area contributed by atoms with E-state index in [1.54, 1.807) is 12.1 Å². The molecule has 0 radical (unpaired) electrons. The van der Waals surface area contributed by atoms with Gasteiger partial charge in [-0.2, -0.15) is 8.42 Å². The molecule has 4 heteroatoms. The fourth-order valence-corrected chi connectivity index (χ4v) is 3.14. The SMILES string of the molecule is O=S(=O)(Cc1ccccc1)OCCCCc1ccccc1. The van der Waals surface area contributed by atoms with Crippen LogP contribution in [0.2, 0.25) is 0 Å². The van der Waals surface area contributed by atoms with Crippen molar-refractivity contribution in [2.75, 3.05) is 6.61 Å². The Kier molecular flexibility index (Phi) is 5.96. The Hall–Kier alpha value is -1.65. The molecule has 2 aromatic carbocycles. The topological polar surface area (TPSA) is 43.4 Å². The molecule has 0 spiro atoms. The third-order valence-electron chi connectivity index (χ3n) is 3.15. The van der Waals surface area contributed by atoms with Crippen molar-refractivity contribution < 1.29 is 12.6 Å². The molecule has 0 N–H and O–H groups in total. The molecule has 21 heavy (non-hydrogen) atoms. The predicted octanol–water partition coefficient (Wildman–Crippen LogP) is 3.56. The van der Waals surface area contributed by atoms with Gasteiger partial charge in [-0.3, -0.25) is 4.18 Å². The van der Waals surface area contributed by atoms with Crippen LogP contribution in [0.1, 0.15) is 24.0 Å². The third-order valence-corrected chi connectivity index (χ3v) is 4.36. The van der Waals surface area contributed by atoms with Gasteiger partial charge in [-0.05, 0) is 30.4 Å². The molecule has 112 valence electrons. The second kappa shape index (κ2) is 7.96. The number of benzene rings is 2. The molecule has 0 aliphatic rings. The van der Waals surface area contributed by atoms with Crippen LogP contribution < -0.4 is 0 Å². The summed E-state index contributed by atoms with van der Waals surface area (Å²) < 4.78 is 28.7.